The van der Waals surface area contributed by atoms with Gasteiger partial charge in [0, 0.05) is 23.9 Å². The number of imidazole rings is 1. The van der Waals surface area contributed by atoms with Gasteiger partial charge in [-0.25, -0.2) is 4.98 Å². The molecule has 0 bridgehead atoms. The lowest BCUT2D eigenvalue weighted by Crippen LogP contribution is -2.12. The predicted molar refractivity (Wildman–Crippen MR) is 82.8 cm³/mol. The van der Waals surface area contributed by atoms with Crippen molar-refractivity contribution in [2.24, 2.45) is 0 Å². The highest BCUT2D eigenvalue weighted by atomic mass is 16.6. The molecule has 0 spiro atoms. The predicted octanol–water partition coefficient (Wildman–Crippen LogP) is 2.50. The highest BCUT2D eigenvalue weighted by Crippen LogP contribution is 2.27. The Morgan fingerprint density at radius 2 is 2.17 bits per heavy atom. The van der Waals surface area contributed by atoms with Gasteiger partial charge in [-0.15, -0.1) is 0 Å². The normalized spacial score (nSPS) is 10.5. The molecule has 0 unspecified atom stereocenters. The van der Waals surface area contributed by atoms with Crippen LogP contribution in [0.3, 0.4) is 0 Å². The van der Waals surface area contributed by atoms with Crippen molar-refractivity contribution in [3.63, 3.8) is 0 Å². The molecule has 1 N–H and O–H groups in total. The van der Waals surface area contributed by atoms with Gasteiger partial charge in [-0.1, -0.05) is 6.07 Å². The topological polar surface area (TPSA) is 98.8 Å². The van der Waals surface area contributed by atoms with Gasteiger partial charge in [0.1, 0.15) is 5.65 Å². The van der Waals surface area contributed by atoms with Crippen molar-refractivity contribution in [3.8, 4) is 5.75 Å². The minimum Gasteiger partial charge on any atom is -0.490 e. The molecule has 0 saturated heterocycles. The maximum absolute atomic E-state index is 12.3. The van der Waals surface area contributed by atoms with E-state index < -0.39 is 10.8 Å². The second kappa shape index (κ2) is 5.76. The Morgan fingerprint density at radius 1 is 1.35 bits per heavy atom. The third-order valence-electron chi connectivity index (χ3n) is 3.24. The number of nitrogens with zero attached hydrogens (tertiary/aromatic N) is 3. The Morgan fingerprint density at radius 3 is 2.87 bits per heavy atom. The number of nitrogens with one attached hydrogen (secondary N) is 1. The van der Waals surface area contributed by atoms with Gasteiger partial charge in [0.05, 0.1) is 18.2 Å². The maximum atomic E-state index is 12.3. The zero-order chi connectivity index (χ0) is 16.4. The first-order valence-corrected chi connectivity index (χ1v) is 6.66. The molecule has 2 heterocycles. The number of anilines is 1. The van der Waals surface area contributed by atoms with Gasteiger partial charge in [-0.05, 0) is 18.2 Å². The van der Waals surface area contributed by atoms with E-state index in [0.717, 1.165) is 0 Å². The number of benzene rings is 1. The number of pyridine rings is 1. The fourth-order valence-corrected chi connectivity index (χ4v) is 2.15. The van der Waals surface area contributed by atoms with Gasteiger partial charge >= 0.3 is 5.69 Å². The van der Waals surface area contributed by atoms with E-state index in [2.05, 4.69) is 10.3 Å². The van der Waals surface area contributed by atoms with Crippen LogP contribution in [0.2, 0.25) is 0 Å². The number of amides is 1. The van der Waals surface area contributed by atoms with E-state index in [0.29, 0.717) is 11.5 Å². The Labute approximate surface area is 130 Å². The van der Waals surface area contributed by atoms with Crippen LogP contribution >= 0.6 is 0 Å². The monoisotopic (exact) mass is 312 g/mol. The summed E-state index contributed by atoms with van der Waals surface area (Å²) in [7, 11) is 1.31. The van der Waals surface area contributed by atoms with Crippen molar-refractivity contribution >= 4 is 23.1 Å². The van der Waals surface area contributed by atoms with Gasteiger partial charge in [-0.3, -0.25) is 14.9 Å². The fourth-order valence-electron chi connectivity index (χ4n) is 2.15. The van der Waals surface area contributed by atoms with Crippen LogP contribution in [0.1, 0.15) is 10.4 Å². The largest absolute Gasteiger partial charge is 0.490 e. The molecule has 3 rings (SSSR count). The zero-order valence-electron chi connectivity index (χ0n) is 12.1. The third-order valence-corrected chi connectivity index (χ3v) is 3.24. The number of methoxy groups -OCH3 is 1. The van der Waals surface area contributed by atoms with E-state index in [-0.39, 0.29) is 17.0 Å². The van der Waals surface area contributed by atoms with Crippen LogP contribution in [0, 0.1) is 10.1 Å². The molecule has 0 atom stereocenters. The Hall–Kier alpha value is -3.42. The lowest BCUT2D eigenvalue weighted by atomic mass is 10.2. The summed E-state index contributed by atoms with van der Waals surface area (Å²) in [6.07, 6.45) is 3.49. The number of carbonyl (C=O) groups is 1. The highest BCUT2D eigenvalue weighted by Gasteiger charge is 2.18. The first-order chi connectivity index (χ1) is 11.1. The second-order valence-corrected chi connectivity index (χ2v) is 4.69. The van der Waals surface area contributed by atoms with E-state index in [9.17, 15) is 14.9 Å². The van der Waals surface area contributed by atoms with Crippen LogP contribution in [0.25, 0.3) is 5.65 Å². The van der Waals surface area contributed by atoms with Gasteiger partial charge < -0.3 is 14.5 Å². The van der Waals surface area contributed by atoms with Gasteiger partial charge in [0.25, 0.3) is 5.91 Å². The van der Waals surface area contributed by atoms with Crippen molar-refractivity contribution in [1.82, 2.24) is 9.38 Å². The molecule has 8 nitrogen and oxygen atoms in total. The average molecular weight is 312 g/mol. The minimum absolute atomic E-state index is 0.0256. The van der Waals surface area contributed by atoms with Crippen LogP contribution in [0.5, 0.6) is 5.75 Å². The molecule has 0 aliphatic rings. The quantitative estimate of drug-likeness (QED) is 0.589. The molecule has 3 aromatic rings. The third kappa shape index (κ3) is 2.82. The fraction of sp³-hybridized carbons (Fsp3) is 0.0667. The number of nitro benzene ring substituents is 1. The lowest BCUT2D eigenvalue weighted by molar-refractivity contribution is -0.385. The Bertz CT molecular complexity index is 870. The molecule has 8 heteroatoms. The van der Waals surface area contributed by atoms with Crippen LogP contribution < -0.4 is 10.1 Å². The summed E-state index contributed by atoms with van der Waals surface area (Å²) in [6.45, 7) is 0. The molecule has 1 aromatic carbocycles. The second-order valence-electron chi connectivity index (χ2n) is 4.69. The zero-order valence-corrected chi connectivity index (χ0v) is 12.1. The standard InChI is InChI=1S/C15H12N4O4/c1-23-12-8-10(5-6-11(12)19(21)22)15(20)17-13-9-18-7-3-2-4-14(18)16-13/h2-9H,1H3,(H,17,20). The van der Waals surface area contributed by atoms with E-state index >= 15 is 0 Å². The van der Waals surface area contributed by atoms with Gasteiger partial charge in [-0.2, -0.15) is 0 Å². The van der Waals surface area contributed by atoms with E-state index in [1.54, 1.807) is 10.6 Å². The molecule has 23 heavy (non-hydrogen) atoms. The van der Waals surface area contributed by atoms with E-state index in [1.165, 1.54) is 25.3 Å². The first-order valence-electron chi connectivity index (χ1n) is 6.66. The number of rotatable bonds is 4. The van der Waals surface area contributed by atoms with Crippen molar-refractivity contribution < 1.29 is 14.5 Å². The number of fused-ring (bicyclic) bond motifs is 1. The summed E-state index contributed by atoms with van der Waals surface area (Å²) in [6, 6.07) is 9.42. The van der Waals surface area contributed by atoms with Gasteiger partial charge in [0.15, 0.2) is 11.6 Å². The number of hydrogen-bond acceptors (Lipinski definition) is 5. The van der Waals surface area contributed by atoms with Gasteiger partial charge in [0.2, 0.25) is 0 Å². The molecule has 1 amide bonds. The molecular formula is C15H12N4O4. The summed E-state index contributed by atoms with van der Waals surface area (Å²) in [5, 5.41) is 13.5. The number of ether oxygens (including phenoxy) is 1. The van der Waals surface area contributed by atoms with Crippen molar-refractivity contribution in [2.45, 2.75) is 0 Å². The summed E-state index contributed by atoms with van der Waals surface area (Å²) >= 11 is 0. The molecule has 0 aliphatic carbocycles. The minimum atomic E-state index is -0.567. The summed E-state index contributed by atoms with van der Waals surface area (Å²) in [5.41, 5.74) is 0.741. The smallest absolute Gasteiger partial charge is 0.310 e. The summed E-state index contributed by atoms with van der Waals surface area (Å²) in [5.74, 6) is -0.0159. The highest BCUT2D eigenvalue weighted by molar-refractivity contribution is 6.04. The molecule has 2 aromatic heterocycles. The van der Waals surface area contributed by atoms with Crippen LogP contribution in [-0.4, -0.2) is 27.3 Å². The molecule has 0 saturated carbocycles. The number of hydrogen-bond donors (Lipinski definition) is 1. The van der Waals surface area contributed by atoms with E-state index in [1.807, 2.05) is 24.4 Å². The Balaban J connectivity index is 1.86. The first kappa shape index (κ1) is 14.5. The van der Waals surface area contributed by atoms with Crippen LogP contribution in [-0.2, 0) is 0 Å². The molecule has 116 valence electrons. The van der Waals surface area contributed by atoms with Crippen molar-refractivity contribution in [3.05, 3.63) is 64.5 Å². The summed E-state index contributed by atoms with van der Waals surface area (Å²) < 4.78 is 6.72. The average Bonchev–Trinajstić information content (AvgIpc) is 2.96. The van der Waals surface area contributed by atoms with Crippen LogP contribution in [0.15, 0.2) is 48.8 Å². The number of nitro groups is 1. The SMILES string of the molecule is COc1cc(C(=O)Nc2cn3ccccc3n2)ccc1[N+](=O)[O-]. The maximum Gasteiger partial charge on any atom is 0.310 e. The van der Waals surface area contributed by atoms with Crippen molar-refractivity contribution in [2.75, 3.05) is 12.4 Å². The number of aromatic nitrogens is 2. The molecule has 0 fully saturated rings. The van der Waals surface area contributed by atoms with Crippen molar-refractivity contribution in [1.29, 1.82) is 0 Å². The molecule has 0 aliphatic heterocycles. The molecular weight excluding hydrogens is 300 g/mol. The van der Waals surface area contributed by atoms with E-state index in [4.69, 9.17) is 4.74 Å². The lowest BCUT2D eigenvalue weighted by Gasteiger charge is -2.05. The molecule has 0 radical (unpaired) electrons. The number of carbonyl (C=O) groups excluding carboxylic acids is 1. The van der Waals surface area contributed by atoms with Crippen LogP contribution in [0.4, 0.5) is 11.5 Å². The Kier molecular flexibility index (Phi) is 3.63. The summed E-state index contributed by atoms with van der Waals surface area (Å²) in [4.78, 5) is 26.8.